The van der Waals surface area contributed by atoms with E-state index in [1.165, 1.54) is 22.3 Å². The van der Waals surface area contributed by atoms with Gasteiger partial charge in [0.25, 0.3) is 0 Å². The number of fused-ring (bicyclic) bond motifs is 1. The zero-order valence-electron chi connectivity index (χ0n) is 10.6. The predicted molar refractivity (Wildman–Crippen MR) is 75.9 cm³/mol. The smallest absolute Gasteiger partial charge is 0.0389 e. The van der Waals surface area contributed by atoms with E-state index in [0.717, 1.165) is 5.57 Å². The minimum Gasteiger partial charge on any atom is -0.0988 e. The van der Waals surface area contributed by atoms with Gasteiger partial charge in [-0.05, 0) is 36.1 Å². The Kier molecular flexibility index (Phi) is 2.66. The Hall–Kier alpha value is -1.82. The lowest BCUT2D eigenvalue weighted by atomic mass is 9.74. The Labute approximate surface area is 104 Å². The monoisotopic (exact) mass is 222 g/mol. The zero-order valence-corrected chi connectivity index (χ0v) is 10.6. The molecule has 1 aromatic rings. The van der Waals surface area contributed by atoms with Crippen molar-refractivity contribution in [2.75, 3.05) is 0 Å². The third kappa shape index (κ3) is 1.37. The summed E-state index contributed by atoms with van der Waals surface area (Å²) >= 11 is 0. The fourth-order valence-electron chi connectivity index (χ4n) is 2.71. The summed E-state index contributed by atoms with van der Waals surface area (Å²) in [6, 6.07) is 8.46. The van der Waals surface area contributed by atoms with Crippen molar-refractivity contribution in [1.29, 1.82) is 0 Å². The van der Waals surface area contributed by atoms with E-state index in [1.54, 1.807) is 0 Å². The van der Waals surface area contributed by atoms with Crippen LogP contribution < -0.4 is 0 Å². The average molecular weight is 222 g/mol. The first-order valence-corrected chi connectivity index (χ1v) is 5.82. The zero-order chi connectivity index (χ0) is 12.6. The highest BCUT2D eigenvalue weighted by atomic mass is 14.4. The Balaban J connectivity index is 2.79. The lowest BCUT2D eigenvalue weighted by Gasteiger charge is -2.29. The van der Waals surface area contributed by atoms with Crippen LogP contribution in [0.2, 0.25) is 0 Å². The van der Waals surface area contributed by atoms with Crippen LogP contribution in [0.15, 0.2) is 67.3 Å². The molecule has 17 heavy (non-hydrogen) atoms. The molecule has 0 N–H and O–H groups in total. The molecule has 0 nitrogen and oxygen atoms in total. The summed E-state index contributed by atoms with van der Waals surface area (Å²) in [5.74, 6) is 0. The van der Waals surface area contributed by atoms with Crippen LogP contribution >= 0.6 is 0 Å². The lowest BCUT2D eigenvalue weighted by Crippen LogP contribution is -2.22. The highest BCUT2D eigenvalue weighted by Gasteiger charge is 2.39. The third-order valence-corrected chi connectivity index (χ3v) is 4.00. The summed E-state index contributed by atoms with van der Waals surface area (Å²) in [5, 5.41) is 0. The summed E-state index contributed by atoms with van der Waals surface area (Å²) in [5.41, 5.74) is 6.01. The van der Waals surface area contributed by atoms with Crippen molar-refractivity contribution < 1.29 is 0 Å². The summed E-state index contributed by atoms with van der Waals surface area (Å²) in [6.07, 6.45) is 3.79. The van der Waals surface area contributed by atoms with Crippen LogP contribution in [-0.2, 0) is 5.41 Å². The maximum absolute atomic E-state index is 4.16. The maximum Gasteiger partial charge on any atom is 0.0389 e. The van der Waals surface area contributed by atoms with Gasteiger partial charge in [0.1, 0.15) is 0 Å². The third-order valence-electron chi connectivity index (χ3n) is 4.00. The topological polar surface area (TPSA) is 0 Å². The van der Waals surface area contributed by atoms with Crippen molar-refractivity contribution in [3.63, 3.8) is 0 Å². The molecule has 0 amide bonds. The molecule has 1 unspecified atom stereocenters. The molecule has 0 fully saturated rings. The van der Waals surface area contributed by atoms with Crippen LogP contribution in [0.5, 0.6) is 0 Å². The molecule has 1 atom stereocenters. The highest BCUT2D eigenvalue weighted by Crippen LogP contribution is 2.50. The SMILES string of the molecule is C=CC(=C)C1(C)C(C)=C(C=C)c2ccccc21. The van der Waals surface area contributed by atoms with E-state index in [9.17, 15) is 0 Å². The highest BCUT2D eigenvalue weighted by molar-refractivity contribution is 5.87. The van der Waals surface area contributed by atoms with Gasteiger partial charge in [-0.15, -0.1) is 0 Å². The minimum absolute atomic E-state index is 0.137. The maximum atomic E-state index is 4.16. The van der Waals surface area contributed by atoms with Crippen LogP contribution in [0.25, 0.3) is 5.57 Å². The Morgan fingerprint density at radius 2 is 1.88 bits per heavy atom. The van der Waals surface area contributed by atoms with Gasteiger partial charge in [-0.25, -0.2) is 0 Å². The van der Waals surface area contributed by atoms with E-state index >= 15 is 0 Å². The fourth-order valence-corrected chi connectivity index (χ4v) is 2.71. The van der Waals surface area contributed by atoms with Crippen molar-refractivity contribution in [3.8, 4) is 0 Å². The molecular formula is C17H18. The molecule has 0 radical (unpaired) electrons. The first-order valence-electron chi connectivity index (χ1n) is 5.82. The molecule has 1 aliphatic carbocycles. The van der Waals surface area contributed by atoms with Crippen molar-refractivity contribution in [2.45, 2.75) is 19.3 Å². The molecule has 0 bridgehead atoms. The second-order valence-corrected chi connectivity index (χ2v) is 4.64. The number of benzene rings is 1. The van der Waals surface area contributed by atoms with Gasteiger partial charge in [0.05, 0.1) is 0 Å². The summed E-state index contributed by atoms with van der Waals surface area (Å²) in [6.45, 7) is 16.3. The second kappa shape index (κ2) is 3.89. The lowest BCUT2D eigenvalue weighted by molar-refractivity contribution is 0.692. The first kappa shape index (κ1) is 11.7. The van der Waals surface area contributed by atoms with Gasteiger partial charge in [0, 0.05) is 5.41 Å². The van der Waals surface area contributed by atoms with Gasteiger partial charge in [-0.3, -0.25) is 0 Å². The van der Waals surface area contributed by atoms with Gasteiger partial charge in [0.15, 0.2) is 0 Å². The summed E-state index contributed by atoms with van der Waals surface area (Å²) < 4.78 is 0. The number of hydrogen-bond acceptors (Lipinski definition) is 0. The molecule has 0 heteroatoms. The molecule has 2 rings (SSSR count). The minimum atomic E-state index is -0.137. The van der Waals surface area contributed by atoms with Crippen LogP contribution in [-0.4, -0.2) is 0 Å². The van der Waals surface area contributed by atoms with E-state index in [-0.39, 0.29) is 5.41 Å². The van der Waals surface area contributed by atoms with Gasteiger partial charge in [0.2, 0.25) is 0 Å². The fraction of sp³-hybridized carbons (Fsp3) is 0.176. The quantitative estimate of drug-likeness (QED) is 0.652. The normalized spacial score (nSPS) is 22.2. The van der Waals surface area contributed by atoms with E-state index < -0.39 is 0 Å². The van der Waals surface area contributed by atoms with Crippen molar-refractivity contribution in [3.05, 3.63) is 78.4 Å². The van der Waals surface area contributed by atoms with Crippen LogP contribution in [0, 0.1) is 0 Å². The molecule has 1 aliphatic rings. The molecule has 0 heterocycles. The Morgan fingerprint density at radius 1 is 1.24 bits per heavy atom. The number of allylic oxidation sites excluding steroid dienone is 5. The molecular weight excluding hydrogens is 204 g/mol. The summed E-state index contributed by atoms with van der Waals surface area (Å²) in [7, 11) is 0. The molecule has 0 aromatic heterocycles. The van der Waals surface area contributed by atoms with E-state index in [4.69, 9.17) is 0 Å². The second-order valence-electron chi connectivity index (χ2n) is 4.64. The van der Waals surface area contributed by atoms with E-state index in [0.29, 0.717) is 0 Å². The van der Waals surface area contributed by atoms with Crippen LogP contribution in [0.3, 0.4) is 0 Å². The predicted octanol–water partition coefficient (Wildman–Crippen LogP) is 4.66. The van der Waals surface area contributed by atoms with Gasteiger partial charge >= 0.3 is 0 Å². The average Bonchev–Trinajstić information content (AvgIpc) is 2.59. The van der Waals surface area contributed by atoms with Crippen LogP contribution in [0.1, 0.15) is 25.0 Å². The van der Waals surface area contributed by atoms with E-state index in [2.05, 4.69) is 57.8 Å². The molecule has 0 saturated carbocycles. The molecule has 86 valence electrons. The first-order chi connectivity index (χ1) is 8.07. The van der Waals surface area contributed by atoms with Crippen molar-refractivity contribution >= 4 is 5.57 Å². The van der Waals surface area contributed by atoms with Crippen molar-refractivity contribution in [1.82, 2.24) is 0 Å². The van der Waals surface area contributed by atoms with Gasteiger partial charge in [-0.1, -0.05) is 61.7 Å². The standard InChI is InChI=1S/C17H18/c1-6-12(3)17(5)13(4)14(7-2)15-10-8-9-11-16(15)17/h6-11H,1-3H2,4-5H3. The van der Waals surface area contributed by atoms with Gasteiger partial charge < -0.3 is 0 Å². The number of hydrogen-bond donors (Lipinski definition) is 0. The van der Waals surface area contributed by atoms with Gasteiger partial charge in [-0.2, -0.15) is 0 Å². The largest absolute Gasteiger partial charge is 0.0988 e. The Morgan fingerprint density at radius 3 is 2.47 bits per heavy atom. The summed E-state index contributed by atoms with van der Waals surface area (Å²) in [4.78, 5) is 0. The van der Waals surface area contributed by atoms with Crippen molar-refractivity contribution in [2.24, 2.45) is 0 Å². The van der Waals surface area contributed by atoms with E-state index in [1.807, 2.05) is 12.2 Å². The molecule has 0 saturated heterocycles. The number of rotatable bonds is 3. The molecule has 0 aliphatic heterocycles. The molecule has 0 spiro atoms. The Bertz CT molecular complexity index is 543. The molecule has 1 aromatic carbocycles. The van der Waals surface area contributed by atoms with Crippen LogP contribution in [0.4, 0.5) is 0 Å².